The molecule has 0 saturated carbocycles. The first-order valence-electron chi connectivity index (χ1n) is 5.61. The number of alkyl halides is 2. The molecule has 0 saturated heterocycles. The van der Waals surface area contributed by atoms with Gasteiger partial charge in [0.25, 0.3) is 0 Å². The minimum atomic E-state index is 0.272. The normalized spacial score (nSPS) is 12.4. The Labute approximate surface area is 99.4 Å². The topological polar surface area (TPSA) is 0 Å². The minimum Gasteiger partial charge on any atom is -0.127 e. The van der Waals surface area contributed by atoms with Gasteiger partial charge in [0.1, 0.15) is 0 Å². The summed E-state index contributed by atoms with van der Waals surface area (Å²) in [6, 6.07) is 0. The second kappa shape index (κ2) is 7.82. The molecule has 14 heavy (non-hydrogen) atoms. The Bertz CT molecular complexity index is 128. The van der Waals surface area contributed by atoms with Crippen molar-refractivity contribution >= 4 is 23.2 Å². The molecule has 0 amide bonds. The van der Waals surface area contributed by atoms with Crippen LogP contribution in [0.25, 0.3) is 0 Å². The van der Waals surface area contributed by atoms with Crippen molar-refractivity contribution in [1.82, 2.24) is 0 Å². The van der Waals surface area contributed by atoms with Crippen LogP contribution in [0.15, 0.2) is 0 Å². The Morgan fingerprint density at radius 1 is 1.07 bits per heavy atom. The van der Waals surface area contributed by atoms with Gasteiger partial charge in [-0.05, 0) is 37.0 Å². The van der Waals surface area contributed by atoms with Crippen LogP contribution >= 0.6 is 23.2 Å². The summed E-state index contributed by atoms with van der Waals surface area (Å²) >= 11 is 11.7. The number of hydrogen-bond donors (Lipinski definition) is 0. The molecule has 0 aliphatic heterocycles. The molecule has 0 nitrogen and oxygen atoms in total. The van der Waals surface area contributed by atoms with Gasteiger partial charge in [-0.2, -0.15) is 0 Å². The van der Waals surface area contributed by atoms with Gasteiger partial charge in [-0.3, -0.25) is 0 Å². The fourth-order valence-corrected chi connectivity index (χ4v) is 2.94. The molecule has 0 spiro atoms. The van der Waals surface area contributed by atoms with E-state index in [2.05, 4.69) is 20.8 Å². The molecule has 1 radical (unpaired) electrons. The van der Waals surface area contributed by atoms with Crippen molar-refractivity contribution in [2.75, 3.05) is 11.8 Å². The van der Waals surface area contributed by atoms with Gasteiger partial charge in [0, 0.05) is 11.8 Å². The van der Waals surface area contributed by atoms with Crippen LogP contribution in [0.3, 0.4) is 0 Å². The summed E-state index contributed by atoms with van der Waals surface area (Å²) in [7, 11) is 0. The van der Waals surface area contributed by atoms with Crippen LogP contribution in [0.2, 0.25) is 0 Å². The van der Waals surface area contributed by atoms with E-state index >= 15 is 0 Å². The van der Waals surface area contributed by atoms with Gasteiger partial charge >= 0.3 is 0 Å². The van der Waals surface area contributed by atoms with Gasteiger partial charge in [-0.15, -0.1) is 23.2 Å². The van der Waals surface area contributed by atoms with Gasteiger partial charge in [-0.1, -0.05) is 27.2 Å². The highest BCUT2D eigenvalue weighted by molar-refractivity contribution is 6.18. The minimum absolute atomic E-state index is 0.272. The van der Waals surface area contributed by atoms with Crippen LogP contribution in [0.5, 0.6) is 0 Å². The van der Waals surface area contributed by atoms with E-state index in [1.54, 1.807) is 5.92 Å². The van der Waals surface area contributed by atoms with Crippen LogP contribution in [0, 0.1) is 11.3 Å². The molecule has 0 aromatic carbocycles. The molecule has 0 aliphatic carbocycles. The molecule has 0 N–H and O–H groups in total. The lowest BCUT2D eigenvalue weighted by molar-refractivity contribution is 0.292. The smallest absolute Gasteiger partial charge is 0.0228 e. The molecule has 85 valence electrons. The third kappa shape index (κ3) is 4.40. The predicted octanol–water partition coefficient (Wildman–Crippen LogP) is 5.04. The highest BCUT2D eigenvalue weighted by atomic mass is 35.5. The lowest BCUT2D eigenvalue weighted by Crippen LogP contribution is -2.26. The average molecular weight is 238 g/mol. The van der Waals surface area contributed by atoms with E-state index in [9.17, 15) is 0 Å². The molecule has 0 aromatic heterocycles. The molecule has 2 heteroatoms. The van der Waals surface area contributed by atoms with Crippen molar-refractivity contribution in [3.8, 4) is 0 Å². The Balaban J connectivity index is 4.39. The molecule has 0 unspecified atom stereocenters. The van der Waals surface area contributed by atoms with E-state index in [0.717, 1.165) is 31.0 Å². The van der Waals surface area contributed by atoms with E-state index in [-0.39, 0.29) is 5.41 Å². The molecule has 0 heterocycles. The summed E-state index contributed by atoms with van der Waals surface area (Å²) in [5.41, 5.74) is 0.272. The van der Waals surface area contributed by atoms with Gasteiger partial charge in [-0.25, -0.2) is 0 Å². The maximum Gasteiger partial charge on any atom is 0.0228 e. The molecular formula is C12H23Cl2. The molecule has 0 atom stereocenters. The van der Waals surface area contributed by atoms with Gasteiger partial charge in [0.2, 0.25) is 0 Å². The molecule has 0 aromatic rings. The number of halogens is 2. The lowest BCUT2D eigenvalue weighted by Gasteiger charge is -2.36. The molecule has 0 aliphatic rings. The molecule has 0 rings (SSSR count). The van der Waals surface area contributed by atoms with Crippen LogP contribution < -0.4 is 0 Å². The number of rotatable bonds is 8. The van der Waals surface area contributed by atoms with Crippen LogP contribution in [-0.4, -0.2) is 11.8 Å². The van der Waals surface area contributed by atoms with Gasteiger partial charge < -0.3 is 0 Å². The summed E-state index contributed by atoms with van der Waals surface area (Å²) in [5.74, 6) is 3.11. The molecular weight excluding hydrogens is 215 g/mol. The van der Waals surface area contributed by atoms with Crippen LogP contribution in [-0.2, 0) is 0 Å². The van der Waals surface area contributed by atoms with E-state index < -0.39 is 0 Å². The SMILES string of the molecule is CCC[C](CC)C(C)(CCCl)CCCl. The Morgan fingerprint density at radius 3 is 1.86 bits per heavy atom. The lowest BCUT2D eigenvalue weighted by atomic mass is 9.70. The first-order valence-corrected chi connectivity index (χ1v) is 6.68. The summed E-state index contributed by atoms with van der Waals surface area (Å²) in [6.45, 7) is 6.79. The summed E-state index contributed by atoms with van der Waals surface area (Å²) in [4.78, 5) is 0. The largest absolute Gasteiger partial charge is 0.127 e. The number of hydrogen-bond acceptors (Lipinski definition) is 0. The van der Waals surface area contributed by atoms with Crippen molar-refractivity contribution in [2.24, 2.45) is 5.41 Å². The highest BCUT2D eigenvalue weighted by Crippen LogP contribution is 2.41. The van der Waals surface area contributed by atoms with E-state index in [1.165, 1.54) is 12.8 Å². The highest BCUT2D eigenvalue weighted by Gasteiger charge is 2.31. The summed E-state index contributed by atoms with van der Waals surface area (Å²) in [6.07, 6.45) is 5.73. The van der Waals surface area contributed by atoms with E-state index in [1.807, 2.05) is 0 Å². The second-order valence-corrected chi connectivity index (χ2v) is 4.90. The van der Waals surface area contributed by atoms with Crippen LogP contribution in [0.1, 0.15) is 52.9 Å². The third-order valence-corrected chi connectivity index (χ3v) is 3.50. The van der Waals surface area contributed by atoms with Crippen molar-refractivity contribution < 1.29 is 0 Å². The quantitative estimate of drug-likeness (QED) is 0.520. The Kier molecular flexibility index (Phi) is 8.14. The van der Waals surface area contributed by atoms with Crippen molar-refractivity contribution in [3.05, 3.63) is 5.92 Å². The first kappa shape index (κ1) is 14.6. The zero-order valence-electron chi connectivity index (χ0n) is 9.71. The van der Waals surface area contributed by atoms with Crippen molar-refractivity contribution in [2.45, 2.75) is 52.9 Å². The first-order chi connectivity index (χ1) is 6.64. The maximum absolute atomic E-state index is 5.87. The van der Waals surface area contributed by atoms with Gasteiger partial charge in [0.15, 0.2) is 0 Å². The Morgan fingerprint density at radius 2 is 1.57 bits per heavy atom. The standard InChI is InChI=1S/C12H23Cl2/c1-4-6-11(5-2)12(3,7-9-13)8-10-14/h4-10H2,1-3H3. The van der Waals surface area contributed by atoms with E-state index in [4.69, 9.17) is 23.2 Å². The zero-order valence-corrected chi connectivity index (χ0v) is 11.2. The average Bonchev–Trinajstić information content (AvgIpc) is 2.14. The monoisotopic (exact) mass is 237 g/mol. The van der Waals surface area contributed by atoms with Gasteiger partial charge in [0.05, 0.1) is 0 Å². The third-order valence-electron chi connectivity index (χ3n) is 3.12. The fraction of sp³-hybridized carbons (Fsp3) is 0.917. The van der Waals surface area contributed by atoms with Crippen molar-refractivity contribution in [1.29, 1.82) is 0 Å². The predicted molar refractivity (Wildman–Crippen MR) is 67.2 cm³/mol. The summed E-state index contributed by atoms with van der Waals surface area (Å²) in [5, 5.41) is 0. The fourth-order valence-electron chi connectivity index (χ4n) is 2.10. The summed E-state index contributed by atoms with van der Waals surface area (Å²) < 4.78 is 0. The maximum atomic E-state index is 5.87. The van der Waals surface area contributed by atoms with Crippen molar-refractivity contribution in [3.63, 3.8) is 0 Å². The Hall–Kier alpha value is 0.580. The molecule has 0 fully saturated rings. The zero-order chi connectivity index (χ0) is 11.0. The van der Waals surface area contributed by atoms with E-state index in [0.29, 0.717) is 0 Å². The molecule has 0 bridgehead atoms. The second-order valence-electron chi connectivity index (χ2n) is 4.15. The van der Waals surface area contributed by atoms with Crippen LogP contribution in [0.4, 0.5) is 0 Å².